The molecule has 0 aromatic heterocycles. The van der Waals surface area contributed by atoms with Crippen LogP contribution >= 0.6 is 0 Å². The van der Waals surface area contributed by atoms with Gasteiger partial charge in [0.2, 0.25) is 11.8 Å². The van der Waals surface area contributed by atoms with Gasteiger partial charge in [0.05, 0.1) is 12.5 Å². The lowest BCUT2D eigenvalue weighted by Crippen LogP contribution is -2.28. The lowest BCUT2D eigenvalue weighted by Gasteiger charge is -2.18. The number of unbranched alkanes of at least 4 members (excludes halogenated alkanes) is 1. The van der Waals surface area contributed by atoms with E-state index in [4.69, 9.17) is 4.74 Å². The first-order chi connectivity index (χ1) is 14.0. The molecule has 5 nitrogen and oxygen atoms in total. The van der Waals surface area contributed by atoms with Crippen LogP contribution in [0, 0.1) is 12.8 Å². The molecular weight excluding hydrogens is 364 g/mol. The van der Waals surface area contributed by atoms with Crippen molar-refractivity contribution in [2.45, 2.75) is 46.5 Å². The average molecular weight is 395 g/mol. The topological polar surface area (TPSA) is 58.6 Å². The van der Waals surface area contributed by atoms with E-state index in [0.29, 0.717) is 13.2 Å². The molecule has 0 unspecified atom stereocenters. The third-order valence-corrected chi connectivity index (χ3v) is 5.40. The summed E-state index contributed by atoms with van der Waals surface area (Å²) in [6.45, 7) is 7.28. The summed E-state index contributed by atoms with van der Waals surface area (Å²) in [7, 11) is 0. The van der Waals surface area contributed by atoms with Gasteiger partial charge in [-0.1, -0.05) is 38.5 Å². The van der Waals surface area contributed by atoms with Crippen LogP contribution in [0.15, 0.2) is 42.5 Å². The zero-order chi connectivity index (χ0) is 20.8. The van der Waals surface area contributed by atoms with Crippen LogP contribution < -0.4 is 15.0 Å². The van der Waals surface area contributed by atoms with Gasteiger partial charge in [-0.2, -0.15) is 0 Å². The minimum absolute atomic E-state index is 0.0229. The molecule has 0 spiro atoms. The van der Waals surface area contributed by atoms with Gasteiger partial charge in [-0.15, -0.1) is 0 Å². The van der Waals surface area contributed by atoms with E-state index in [1.807, 2.05) is 49.4 Å². The number of para-hydroxylation sites is 1. The van der Waals surface area contributed by atoms with E-state index in [1.165, 1.54) is 0 Å². The number of nitrogens with zero attached hydrogens (tertiary/aromatic N) is 1. The molecule has 2 amide bonds. The van der Waals surface area contributed by atoms with Crippen molar-refractivity contribution in [3.63, 3.8) is 0 Å². The molecule has 1 N–H and O–H groups in total. The van der Waals surface area contributed by atoms with Crippen LogP contribution in [0.25, 0.3) is 0 Å². The third kappa shape index (κ3) is 4.97. The predicted octanol–water partition coefficient (Wildman–Crippen LogP) is 4.73. The molecule has 154 valence electrons. The molecular formula is C24H30N2O3. The highest BCUT2D eigenvalue weighted by atomic mass is 16.5. The zero-order valence-corrected chi connectivity index (χ0v) is 17.5. The Morgan fingerprint density at radius 2 is 1.93 bits per heavy atom. The summed E-state index contributed by atoms with van der Waals surface area (Å²) in [5.41, 5.74) is 3.83. The molecule has 3 rings (SSSR count). The molecule has 1 aliphatic heterocycles. The van der Waals surface area contributed by atoms with Gasteiger partial charge in [-0.3, -0.25) is 9.59 Å². The standard InChI is InChI=1S/C24H30N2O3/c1-4-6-14-29-21-12-10-20(11-13-21)26-16-19(15-22(26)27)24(28)25-23-17(3)8-7-9-18(23)5-2/h7-13,19H,4-6,14-16H2,1-3H3,(H,25,28)/t19-/m1/s1. The lowest BCUT2D eigenvalue weighted by atomic mass is 10.0. The highest BCUT2D eigenvalue weighted by Crippen LogP contribution is 2.29. The summed E-state index contributed by atoms with van der Waals surface area (Å²) < 4.78 is 5.68. The predicted molar refractivity (Wildman–Crippen MR) is 116 cm³/mol. The fourth-order valence-electron chi connectivity index (χ4n) is 3.62. The lowest BCUT2D eigenvalue weighted by molar-refractivity contribution is -0.122. The maximum Gasteiger partial charge on any atom is 0.229 e. The molecule has 1 saturated heterocycles. The number of nitrogens with one attached hydrogen (secondary N) is 1. The van der Waals surface area contributed by atoms with Gasteiger partial charge in [-0.25, -0.2) is 0 Å². The van der Waals surface area contributed by atoms with Crippen LogP contribution in [-0.4, -0.2) is 25.0 Å². The van der Waals surface area contributed by atoms with Gasteiger partial charge in [0.1, 0.15) is 5.75 Å². The Kier molecular flexibility index (Phi) is 6.91. The molecule has 1 heterocycles. The van der Waals surface area contributed by atoms with E-state index < -0.39 is 0 Å². The Hall–Kier alpha value is -2.82. The molecule has 2 aromatic rings. The maximum absolute atomic E-state index is 12.8. The first-order valence-electron chi connectivity index (χ1n) is 10.5. The fraction of sp³-hybridized carbons (Fsp3) is 0.417. The van der Waals surface area contributed by atoms with Crippen molar-refractivity contribution in [1.29, 1.82) is 0 Å². The molecule has 29 heavy (non-hydrogen) atoms. The van der Waals surface area contributed by atoms with Crippen LogP contribution in [0.2, 0.25) is 0 Å². The first kappa shape index (κ1) is 20.9. The maximum atomic E-state index is 12.8. The van der Waals surface area contributed by atoms with Crippen molar-refractivity contribution in [3.05, 3.63) is 53.6 Å². The van der Waals surface area contributed by atoms with Gasteiger partial charge in [0.25, 0.3) is 0 Å². The highest BCUT2D eigenvalue weighted by molar-refractivity contribution is 6.04. The molecule has 1 fully saturated rings. The van der Waals surface area contributed by atoms with E-state index in [9.17, 15) is 9.59 Å². The van der Waals surface area contributed by atoms with Crippen molar-refractivity contribution in [1.82, 2.24) is 0 Å². The van der Waals surface area contributed by atoms with Crippen molar-refractivity contribution in [3.8, 4) is 5.75 Å². The number of rotatable bonds is 8. The number of amides is 2. The SMILES string of the molecule is CCCCOc1ccc(N2C[C@H](C(=O)Nc3c(C)cccc3CC)CC2=O)cc1. The van der Waals surface area contributed by atoms with E-state index >= 15 is 0 Å². The number of carbonyl (C=O) groups is 2. The number of aryl methyl sites for hydroxylation is 2. The minimum atomic E-state index is -0.354. The smallest absolute Gasteiger partial charge is 0.229 e. The van der Waals surface area contributed by atoms with Crippen molar-refractivity contribution < 1.29 is 14.3 Å². The molecule has 5 heteroatoms. The van der Waals surface area contributed by atoms with Gasteiger partial charge >= 0.3 is 0 Å². The number of hydrogen-bond acceptors (Lipinski definition) is 3. The van der Waals surface area contributed by atoms with Crippen LogP contribution in [0.5, 0.6) is 5.75 Å². The van der Waals surface area contributed by atoms with Crippen LogP contribution in [0.1, 0.15) is 44.2 Å². The summed E-state index contributed by atoms with van der Waals surface area (Å²) in [6.07, 6.45) is 3.18. The Morgan fingerprint density at radius 3 is 2.62 bits per heavy atom. The van der Waals surface area contributed by atoms with Crippen LogP contribution in [0.4, 0.5) is 11.4 Å². The van der Waals surface area contributed by atoms with Gasteiger partial charge < -0.3 is 15.0 Å². The normalized spacial score (nSPS) is 16.2. The third-order valence-electron chi connectivity index (χ3n) is 5.40. The van der Waals surface area contributed by atoms with E-state index in [0.717, 1.165) is 47.5 Å². The van der Waals surface area contributed by atoms with E-state index in [1.54, 1.807) is 4.90 Å². The van der Waals surface area contributed by atoms with Gasteiger partial charge in [-0.05, 0) is 55.2 Å². The quantitative estimate of drug-likeness (QED) is 0.659. The Balaban J connectivity index is 1.65. The second-order valence-electron chi connectivity index (χ2n) is 7.55. The molecule has 2 aromatic carbocycles. The Labute approximate surface area is 173 Å². The van der Waals surface area contributed by atoms with E-state index in [2.05, 4.69) is 19.2 Å². The van der Waals surface area contributed by atoms with Crippen LogP contribution in [0.3, 0.4) is 0 Å². The summed E-state index contributed by atoms with van der Waals surface area (Å²) >= 11 is 0. The molecule has 0 aliphatic carbocycles. The fourth-order valence-corrected chi connectivity index (χ4v) is 3.62. The number of benzene rings is 2. The summed E-state index contributed by atoms with van der Waals surface area (Å²) in [5.74, 6) is 0.330. The molecule has 0 bridgehead atoms. The zero-order valence-electron chi connectivity index (χ0n) is 17.5. The minimum Gasteiger partial charge on any atom is -0.494 e. The molecule has 0 radical (unpaired) electrons. The first-order valence-corrected chi connectivity index (χ1v) is 10.5. The number of carbonyl (C=O) groups excluding carboxylic acids is 2. The summed E-state index contributed by atoms with van der Waals surface area (Å²) in [5, 5.41) is 3.06. The Bertz CT molecular complexity index is 861. The summed E-state index contributed by atoms with van der Waals surface area (Å²) in [4.78, 5) is 27.1. The van der Waals surface area contributed by atoms with Gasteiger partial charge in [0.15, 0.2) is 0 Å². The number of hydrogen-bond donors (Lipinski definition) is 1. The number of ether oxygens (including phenoxy) is 1. The van der Waals surface area contributed by atoms with Gasteiger partial charge in [0, 0.05) is 24.3 Å². The highest BCUT2D eigenvalue weighted by Gasteiger charge is 2.35. The second-order valence-corrected chi connectivity index (χ2v) is 7.55. The molecule has 0 saturated carbocycles. The largest absolute Gasteiger partial charge is 0.494 e. The average Bonchev–Trinajstić information content (AvgIpc) is 3.12. The molecule has 1 aliphatic rings. The second kappa shape index (κ2) is 9.59. The van der Waals surface area contributed by atoms with Crippen molar-refractivity contribution in [2.75, 3.05) is 23.4 Å². The van der Waals surface area contributed by atoms with Crippen molar-refractivity contribution in [2.24, 2.45) is 5.92 Å². The van der Waals surface area contributed by atoms with Crippen molar-refractivity contribution >= 4 is 23.2 Å². The van der Waals surface area contributed by atoms with E-state index in [-0.39, 0.29) is 24.2 Å². The van der Waals surface area contributed by atoms with Crippen LogP contribution in [-0.2, 0) is 16.0 Å². The Morgan fingerprint density at radius 1 is 1.17 bits per heavy atom. The molecule has 1 atom stereocenters. The number of anilines is 2. The summed E-state index contributed by atoms with van der Waals surface area (Å²) in [6, 6.07) is 13.6. The monoisotopic (exact) mass is 394 g/mol.